The fraction of sp³-hybridized carbons (Fsp3) is 0.900. The number of amides is 1. The average Bonchev–Trinajstić information content (AvgIpc) is 2.25. The van der Waals surface area contributed by atoms with Crippen LogP contribution in [0.25, 0.3) is 0 Å². The number of nitrogens with one attached hydrogen (secondary N) is 2. The lowest BCUT2D eigenvalue weighted by Gasteiger charge is -2.21. The Balaban J connectivity index is 2.07. The van der Waals surface area contributed by atoms with E-state index in [1.165, 1.54) is 0 Å². The van der Waals surface area contributed by atoms with Gasteiger partial charge in [-0.3, -0.25) is 4.79 Å². The molecule has 1 aliphatic heterocycles. The van der Waals surface area contributed by atoms with Crippen LogP contribution in [0.3, 0.4) is 0 Å². The minimum absolute atomic E-state index is 0.211. The van der Waals surface area contributed by atoms with Crippen molar-refractivity contribution in [2.45, 2.75) is 19.3 Å². The van der Waals surface area contributed by atoms with Crippen molar-refractivity contribution in [3.63, 3.8) is 0 Å². The van der Waals surface area contributed by atoms with Gasteiger partial charge in [0.25, 0.3) is 0 Å². The Morgan fingerprint density at radius 1 is 1.50 bits per heavy atom. The van der Waals surface area contributed by atoms with Gasteiger partial charge in [-0.2, -0.15) is 0 Å². The third kappa shape index (κ3) is 4.07. The molecular weight excluding hydrogens is 180 g/mol. The normalized spacial score (nSPS) is 18.1. The smallest absolute Gasteiger partial charge is 0.223 e. The molecule has 0 aromatic carbocycles. The molecule has 1 rings (SSSR count). The summed E-state index contributed by atoms with van der Waals surface area (Å²) >= 11 is 0. The number of rotatable bonds is 5. The number of hydrogen-bond acceptors (Lipinski definition) is 3. The Hall–Kier alpha value is -0.610. The molecule has 14 heavy (non-hydrogen) atoms. The number of hydrogen-bond donors (Lipinski definition) is 2. The summed E-state index contributed by atoms with van der Waals surface area (Å²) in [5.41, 5.74) is 0. The van der Waals surface area contributed by atoms with Gasteiger partial charge in [0.1, 0.15) is 0 Å². The van der Waals surface area contributed by atoms with Crippen LogP contribution in [-0.4, -0.2) is 39.3 Å². The van der Waals surface area contributed by atoms with Gasteiger partial charge in [0, 0.05) is 26.2 Å². The van der Waals surface area contributed by atoms with Crippen molar-refractivity contribution < 1.29 is 9.53 Å². The van der Waals surface area contributed by atoms with Gasteiger partial charge >= 0.3 is 0 Å². The first-order chi connectivity index (χ1) is 6.84. The Labute approximate surface area is 85.4 Å². The van der Waals surface area contributed by atoms with Crippen LogP contribution in [0.15, 0.2) is 0 Å². The summed E-state index contributed by atoms with van der Waals surface area (Å²) in [5, 5.41) is 6.19. The van der Waals surface area contributed by atoms with Gasteiger partial charge in [-0.25, -0.2) is 0 Å². The van der Waals surface area contributed by atoms with Gasteiger partial charge in [-0.05, 0) is 32.4 Å². The van der Waals surface area contributed by atoms with Crippen molar-refractivity contribution in [3.05, 3.63) is 0 Å². The van der Waals surface area contributed by atoms with Crippen molar-refractivity contribution >= 4 is 5.91 Å². The van der Waals surface area contributed by atoms with Crippen LogP contribution in [0.5, 0.6) is 0 Å². The Bertz CT molecular complexity index is 168. The first kappa shape index (κ1) is 11.5. The summed E-state index contributed by atoms with van der Waals surface area (Å²) in [4.78, 5) is 11.6. The van der Waals surface area contributed by atoms with Crippen LogP contribution in [0.4, 0.5) is 0 Å². The largest absolute Gasteiger partial charge is 0.385 e. The zero-order valence-electron chi connectivity index (χ0n) is 8.84. The highest BCUT2D eigenvalue weighted by Crippen LogP contribution is 2.10. The number of carbonyl (C=O) groups is 1. The maximum atomic E-state index is 11.6. The van der Waals surface area contributed by atoms with Crippen molar-refractivity contribution in [1.82, 2.24) is 10.6 Å². The van der Waals surface area contributed by atoms with Crippen LogP contribution in [-0.2, 0) is 9.53 Å². The standard InChI is InChI=1S/C10H20N2O2/c1-14-8-2-5-12-10(13)9-3-6-11-7-4-9/h9,11H,2-8H2,1H3,(H,12,13). The van der Waals surface area contributed by atoms with Crippen LogP contribution >= 0.6 is 0 Å². The predicted octanol–water partition coefficient (Wildman–Crippen LogP) is 0.139. The molecule has 4 heteroatoms. The number of ether oxygens (including phenoxy) is 1. The quantitative estimate of drug-likeness (QED) is 0.621. The fourth-order valence-electron chi connectivity index (χ4n) is 1.66. The monoisotopic (exact) mass is 200 g/mol. The highest BCUT2D eigenvalue weighted by molar-refractivity contribution is 5.78. The molecule has 0 saturated carbocycles. The zero-order valence-corrected chi connectivity index (χ0v) is 8.84. The van der Waals surface area contributed by atoms with Crippen LogP contribution < -0.4 is 10.6 Å². The lowest BCUT2D eigenvalue weighted by molar-refractivity contribution is -0.125. The van der Waals surface area contributed by atoms with Crippen LogP contribution in [0.1, 0.15) is 19.3 Å². The average molecular weight is 200 g/mol. The van der Waals surface area contributed by atoms with Gasteiger partial charge in [0.15, 0.2) is 0 Å². The summed E-state index contributed by atoms with van der Waals surface area (Å²) in [7, 11) is 1.68. The molecule has 0 radical (unpaired) electrons. The molecule has 1 amide bonds. The molecule has 0 unspecified atom stereocenters. The van der Waals surface area contributed by atoms with Gasteiger partial charge < -0.3 is 15.4 Å². The van der Waals surface area contributed by atoms with Gasteiger partial charge in [-0.15, -0.1) is 0 Å². The molecule has 2 N–H and O–H groups in total. The molecule has 0 aromatic rings. The van der Waals surface area contributed by atoms with E-state index < -0.39 is 0 Å². The topological polar surface area (TPSA) is 50.4 Å². The Morgan fingerprint density at radius 3 is 2.86 bits per heavy atom. The number of piperidine rings is 1. The van der Waals surface area contributed by atoms with E-state index in [0.717, 1.165) is 38.9 Å². The van der Waals surface area contributed by atoms with E-state index in [-0.39, 0.29) is 11.8 Å². The SMILES string of the molecule is COCCCNC(=O)C1CCNCC1. The van der Waals surface area contributed by atoms with Crippen molar-refractivity contribution in [2.24, 2.45) is 5.92 Å². The number of carbonyl (C=O) groups excluding carboxylic acids is 1. The summed E-state index contributed by atoms with van der Waals surface area (Å²) in [6.45, 7) is 3.38. The van der Waals surface area contributed by atoms with Crippen molar-refractivity contribution in [2.75, 3.05) is 33.4 Å². The molecule has 82 valence electrons. The third-order valence-corrected chi connectivity index (χ3v) is 2.53. The maximum Gasteiger partial charge on any atom is 0.223 e. The first-order valence-electron chi connectivity index (χ1n) is 5.32. The van der Waals surface area contributed by atoms with Gasteiger partial charge in [-0.1, -0.05) is 0 Å². The molecule has 0 bridgehead atoms. The summed E-state index contributed by atoms with van der Waals surface area (Å²) in [5.74, 6) is 0.432. The van der Waals surface area contributed by atoms with Crippen LogP contribution in [0, 0.1) is 5.92 Å². The summed E-state index contributed by atoms with van der Waals surface area (Å²) in [6.07, 6.45) is 2.83. The predicted molar refractivity (Wildman–Crippen MR) is 55.1 cm³/mol. The summed E-state index contributed by atoms with van der Waals surface area (Å²) < 4.78 is 4.91. The minimum Gasteiger partial charge on any atom is -0.385 e. The molecule has 0 aliphatic carbocycles. The van der Waals surface area contributed by atoms with Crippen LogP contribution in [0.2, 0.25) is 0 Å². The second-order valence-electron chi connectivity index (χ2n) is 3.66. The molecule has 1 heterocycles. The van der Waals surface area contributed by atoms with Crippen molar-refractivity contribution in [3.8, 4) is 0 Å². The first-order valence-corrected chi connectivity index (χ1v) is 5.32. The maximum absolute atomic E-state index is 11.6. The van der Waals surface area contributed by atoms with E-state index >= 15 is 0 Å². The molecule has 4 nitrogen and oxygen atoms in total. The van der Waals surface area contributed by atoms with Gasteiger partial charge in [0.05, 0.1) is 0 Å². The minimum atomic E-state index is 0.211. The van der Waals surface area contributed by atoms with E-state index in [4.69, 9.17) is 4.74 Å². The molecule has 0 aromatic heterocycles. The highest BCUT2D eigenvalue weighted by atomic mass is 16.5. The van der Waals surface area contributed by atoms with Gasteiger partial charge in [0.2, 0.25) is 5.91 Å². The number of methoxy groups -OCH3 is 1. The lowest BCUT2D eigenvalue weighted by atomic mass is 9.97. The van der Waals surface area contributed by atoms with E-state index in [9.17, 15) is 4.79 Å². The Kier molecular flexibility index (Phi) is 5.56. The van der Waals surface area contributed by atoms with E-state index in [0.29, 0.717) is 6.61 Å². The molecule has 1 aliphatic rings. The molecule has 1 saturated heterocycles. The molecule has 0 spiro atoms. The summed E-state index contributed by atoms with van der Waals surface area (Å²) in [6, 6.07) is 0. The molecule has 0 atom stereocenters. The second-order valence-corrected chi connectivity index (χ2v) is 3.66. The zero-order chi connectivity index (χ0) is 10.2. The van der Waals surface area contributed by atoms with Crippen molar-refractivity contribution in [1.29, 1.82) is 0 Å². The second kappa shape index (κ2) is 6.79. The fourth-order valence-corrected chi connectivity index (χ4v) is 1.66. The molecular formula is C10H20N2O2. The van der Waals surface area contributed by atoms with E-state index in [1.54, 1.807) is 7.11 Å². The lowest BCUT2D eigenvalue weighted by Crippen LogP contribution is -2.38. The third-order valence-electron chi connectivity index (χ3n) is 2.53. The molecule has 1 fully saturated rings. The van der Waals surface area contributed by atoms with E-state index in [2.05, 4.69) is 10.6 Å². The Morgan fingerprint density at radius 2 is 2.21 bits per heavy atom. The van der Waals surface area contributed by atoms with E-state index in [1.807, 2.05) is 0 Å². The highest BCUT2D eigenvalue weighted by Gasteiger charge is 2.19.